The van der Waals surface area contributed by atoms with Crippen molar-refractivity contribution in [1.29, 1.82) is 0 Å². The molecule has 40 heavy (non-hydrogen) atoms. The topological polar surface area (TPSA) is 96.5 Å². The van der Waals surface area contributed by atoms with E-state index >= 15 is 0 Å². The molecule has 1 unspecified atom stereocenters. The first-order valence-corrected chi connectivity index (χ1v) is 14.3. The fraction of sp³-hybridized carbons (Fsp3) is 0.500. The van der Waals surface area contributed by atoms with Gasteiger partial charge >= 0.3 is 10.2 Å². The summed E-state index contributed by atoms with van der Waals surface area (Å²) in [5.74, 6) is -4.42. The minimum atomic E-state index is -10.0. The number of anilines is 1. The van der Waals surface area contributed by atoms with Gasteiger partial charge in [0.15, 0.2) is 0 Å². The predicted octanol–water partition coefficient (Wildman–Crippen LogP) is 5.28. The van der Waals surface area contributed by atoms with E-state index < -0.39 is 63.8 Å². The van der Waals surface area contributed by atoms with Gasteiger partial charge in [0.1, 0.15) is 10.9 Å². The minimum absolute atomic E-state index is 0.0354. The van der Waals surface area contributed by atoms with E-state index in [1.165, 1.54) is 25.6 Å². The van der Waals surface area contributed by atoms with Crippen molar-refractivity contribution in [3.05, 3.63) is 48.3 Å². The molecule has 0 spiro atoms. The zero-order valence-electron chi connectivity index (χ0n) is 21.2. The third-order valence-electron chi connectivity index (χ3n) is 7.01. The molecule has 1 aromatic heterocycles. The molecular weight excluding hydrogens is 571 g/mol. The van der Waals surface area contributed by atoms with Crippen LogP contribution in [0.4, 0.5) is 33.9 Å². The average Bonchev–Trinajstić information content (AvgIpc) is 3.37. The van der Waals surface area contributed by atoms with Crippen molar-refractivity contribution in [2.24, 2.45) is 0 Å². The molecular formula is C24H28F7N5O3S. The maximum absolute atomic E-state index is 13.8. The van der Waals surface area contributed by atoms with Gasteiger partial charge in [0.05, 0.1) is 18.3 Å². The number of rotatable bonds is 8. The lowest BCUT2D eigenvalue weighted by Crippen LogP contribution is -2.52. The van der Waals surface area contributed by atoms with Crippen molar-refractivity contribution in [3.8, 4) is 0 Å². The van der Waals surface area contributed by atoms with Crippen LogP contribution in [0, 0.1) is 0 Å². The highest BCUT2D eigenvalue weighted by molar-refractivity contribution is 8.45. The lowest BCUT2D eigenvalue weighted by atomic mass is 9.91. The van der Waals surface area contributed by atoms with Gasteiger partial charge in [-0.1, -0.05) is 19.4 Å². The second-order valence-electron chi connectivity index (χ2n) is 9.94. The number of ether oxygens (including phenoxy) is 1. The minimum Gasteiger partial charge on any atom is -0.380 e. The van der Waals surface area contributed by atoms with Crippen LogP contribution in [0.1, 0.15) is 43.7 Å². The van der Waals surface area contributed by atoms with Gasteiger partial charge in [-0.15, -0.1) is 0 Å². The molecule has 0 bridgehead atoms. The van der Waals surface area contributed by atoms with Crippen molar-refractivity contribution in [1.82, 2.24) is 20.8 Å². The molecule has 2 fully saturated rings. The van der Waals surface area contributed by atoms with Crippen molar-refractivity contribution in [2.45, 2.75) is 67.2 Å². The Morgan fingerprint density at radius 1 is 1.07 bits per heavy atom. The quantitative estimate of drug-likeness (QED) is 0.401. The first kappa shape index (κ1) is 30.0. The highest BCUT2D eigenvalue weighted by Crippen LogP contribution is 3.02. The van der Waals surface area contributed by atoms with Crippen LogP contribution in [0.3, 0.4) is 0 Å². The molecule has 3 atom stereocenters. The Hall–Kier alpha value is -2.98. The Kier molecular flexibility index (Phi) is 7.60. The fourth-order valence-electron chi connectivity index (χ4n) is 4.85. The summed E-state index contributed by atoms with van der Waals surface area (Å²) >= 11 is 0. The molecule has 2 aliphatic rings. The van der Waals surface area contributed by atoms with Gasteiger partial charge in [-0.3, -0.25) is 14.5 Å². The van der Waals surface area contributed by atoms with E-state index in [0.717, 1.165) is 4.90 Å². The largest absolute Gasteiger partial charge is 0.380 e. The number of hydrogen-bond donors (Lipinski definition) is 2. The molecule has 2 amide bonds. The molecule has 16 heteroatoms. The summed E-state index contributed by atoms with van der Waals surface area (Å²) in [5.41, 5.74) is -0.162. The predicted molar refractivity (Wildman–Crippen MR) is 133 cm³/mol. The van der Waals surface area contributed by atoms with Crippen molar-refractivity contribution in [2.75, 3.05) is 18.6 Å². The number of hydrogen-bond acceptors (Lipinski definition) is 6. The lowest BCUT2D eigenvalue weighted by Gasteiger charge is -2.41. The van der Waals surface area contributed by atoms with Crippen LogP contribution >= 0.6 is 10.2 Å². The summed E-state index contributed by atoms with van der Waals surface area (Å²) in [7, 11) is -8.59. The molecule has 1 aliphatic heterocycles. The van der Waals surface area contributed by atoms with Crippen molar-refractivity contribution >= 4 is 27.7 Å². The number of nitrogens with zero attached hydrogens (tertiary/aromatic N) is 3. The van der Waals surface area contributed by atoms with Crippen molar-refractivity contribution in [3.63, 3.8) is 0 Å². The monoisotopic (exact) mass is 599 g/mol. The molecule has 1 aliphatic carbocycles. The number of carbonyl (C=O) groups is 2. The van der Waals surface area contributed by atoms with Gasteiger partial charge in [-0.05, 0) is 49.6 Å². The Balaban J connectivity index is 1.75. The van der Waals surface area contributed by atoms with E-state index in [9.17, 15) is 37.8 Å². The number of nitrogens with one attached hydrogen (secondary N) is 2. The number of alkyl halides is 2. The van der Waals surface area contributed by atoms with Gasteiger partial charge in [0, 0.05) is 50.0 Å². The van der Waals surface area contributed by atoms with Crippen LogP contribution in [-0.2, 0) is 14.3 Å². The smallest absolute Gasteiger partial charge is 0.310 e. The van der Waals surface area contributed by atoms with E-state index in [2.05, 4.69) is 20.8 Å². The molecule has 1 saturated heterocycles. The third-order valence-corrected chi connectivity index (χ3v) is 8.18. The number of halogens is 7. The van der Waals surface area contributed by atoms with Gasteiger partial charge in [0.25, 0.3) is 0 Å². The first-order valence-electron chi connectivity index (χ1n) is 12.4. The molecule has 2 aromatic rings. The Labute approximate surface area is 225 Å². The Morgan fingerprint density at radius 3 is 2.25 bits per heavy atom. The van der Waals surface area contributed by atoms with Crippen LogP contribution in [0.15, 0.2) is 47.6 Å². The number of amides is 2. The second-order valence-corrected chi connectivity index (χ2v) is 12.4. The number of aromatic nitrogens is 2. The van der Waals surface area contributed by atoms with Gasteiger partial charge in [0.2, 0.25) is 17.7 Å². The van der Waals surface area contributed by atoms with Gasteiger partial charge in [-0.2, -0.15) is 10.2 Å². The van der Waals surface area contributed by atoms with E-state index in [1.54, 1.807) is 0 Å². The van der Waals surface area contributed by atoms with Crippen LogP contribution in [0.2, 0.25) is 0 Å². The zero-order valence-corrected chi connectivity index (χ0v) is 22.0. The van der Waals surface area contributed by atoms with Crippen molar-refractivity contribution < 1.29 is 42.5 Å². The molecule has 0 radical (unpaired) electrons. The summed E-state index contributed by atoms with van der Waals surface area (Å²) in [6.45, 7) is 0.272. The molecule has 8 nitrogen and oxygen atoms in total. The maximum Gasteiger partial charge on any atom is 0.310 e. The van der Waals surface area contributed by atoms with Crippen LogP contribution in [0.5, 0.6) is 0 Å². The van der Waals surface area contributed by atoms with Crippen LogP contribution in [-0.4, -0.2) is 59.8 Å². The number of carbonyl (C=O) groups excluding carboxylic acids is 2. The highest BCUT2D eigenvalue weighted by Gasteiger charge is 2.65. The average molecular weight is 600 g/mol. The van der Waals surface area contributed by atoms with E-state index in [1.807, 2.05) is 0 Å². The molecule has 222 valence electrons. The molecule has 1 saturated carbocycles. The number of methoxy groups -OCH3 is 1. The summed E-state index contributed by atoms with van der Waals surface area (Å²) in [4.78, 5) is 26.3. The summed E-state index contributed by atoms with van der Waals surface area (Å²) in [5, 5.41) is 13.0. The van der Waals surface area contributed by atoms with E-state index in [0.29, 0.717) is 12.1 Å². The summed E-state index contributed by atoms with van der Waals surface area (Å²) in [6.07, 6.45) is 1.21. The summed E-state index contributed by atoms with van der Waals surface area (Å²) < 4.78 is 99.6. The third kappa shape index (κ3) is 7.01. The first-order chi connectivity index (χ1) is 18.5. The van der Waals surface area contributed by atoms with Crippen LogP contribution in [0.25, 0.3) is 0 Å². The van der Waals surface area contributed by atoms with Gasteiger partial charge in [-0.25, -0.2) is 8.78 Å². The fourth-order valence-corrected chi connectivity index (χ4v) is 5.50. The van der Waals surface area contributed by atoms with Crippen LogP contribution < -0.4 is 15.5 Å². The Bertz CT molecular complexity index is 1230. The molecule has 2 N–H and O–H groups in total. The molecule has 1 aromatic carbocycles. The molecule has 4 rings (SSSR count). The highest BCUT2D eigenvalue weighted by atomic mass is 32.5. The molecule has 2 heterocycles. The SMILES string of the molecule is CO[C@H]1CN[C@@H](C(=O)N(c2ccc(S(F)(F)(F)(F)F)cc2)C(C(=O)NC2CCC(F)(F)CC2)c2ccnnc2)C1. The Morgan fingerprint density at radius 2 is 1.73 bits per heavy atom. The van der Waals surface area contributed by atoms with E-state index in [4.69, 9.17) is 4.74 Å². The van der Waals surface area contributed by atoms with E-state index in [-0.39, 0.29) is 55.3 Å². The van der Waals surface area contributed by atoms with Gasteiger partial charge < -0.3 is 15.4 Å². The summed E-state index contributed by atoms with van der Waals surface area (Å²) in [6, 6.07) is -0.0954. The lowest BCUT2D eigenvalue weighted by molar-refractivity contribution is -0.128. The zero-order chi connectivity index (χ0) is 29.4. The standard InChI is InChI=1S/C24H28F7N5O3S/c1-39-18-12-20(32-14-18)23(38)36(17-2-4-19(5-3-17)40(27,28,29,30)31)21(15-8-11-33-34-13-15)22(37)35-16-6-9-24(25,26)10-7-16/h2-5,8,11,13,16,18,20-21,32H,6-7,9-10,12,14H2,1H3,(H,35,37)/t18-,20-,21?/m1/s1. The number of benzene rings is 1. The maximum atomic E-state index is 13.8. The normalized spacial score (nSPS) is 24.0. The second kappa shape index (κ2) is 10.1.